The lowest BCUT2D eigenvalue weighted by molar-refractivity contribution is 0.0722. The van der Waals surface area contributed by atoms with Crippen molar-refractivity contribution in [1.82, 2.24) is 0 Å². The van der Waals surface area contributed by atoms with Gasteiger partial charge in [0.2, 0.25) is 0 Å². The second-order valence-corrected chi connectivity index (χ2v) is 11.3. The molecule has 0 heterocycles. The van der Waals surface area contributed by atoms with Gasteiger partial charge in [0, 0.05) is 0 Å². The zero-order chi connectivity index (χ0) is 34.1. The summed E-state index contributed by atoms with van der Waals surface area (Å²) < 4.78 is 34.9. The van der Waals surface area contributed by atoms with Crippen molar-refractivity contribution in [1.29, 1.82) is 0 Å². The zero-order valence-corrected chi connectivity index (χ0v) is 28.4. The molecule has 254 valence electrons. The summed E-state index contributed by atoms with van der Waals surface area (Å²) in [5, 5.41) is 0. The van der Waals surface area contributed by atoms with Gasteiger partial charge in [-0.1, -0.05) is 64.5 Å². The van der Waals surface area contributed by atoms with Crippen LogP contribution in [0.4, 0.5) is 0 Å². The van der Waals surface area contributed by atoms with E-state index < -0.39 is 11.9 Å². The average molecular weight is 655 g/mol. The molecule has 0 spiro atoms. The minimum atomic E-state index is -0.569. The molecular weight excluding hydrogens is 608 g/mol. The Morgan fingerprint density at radius 1 is 0.479 bits per heavy atom. The first-order chi connectivity index (χ1) is 23.5. The predicted molar refractivity (Wildman–Crippen MR) is 187 cm³/mol. The largest absolute Gasteiger partial charge is 0.496 e. The Morgan fingerprint density at radius 3 is 1.21 bits per heavy atom. The fourth-order valence-corrected chi connectivity index (χ4v) is 5.15. The van der Waals surface area contributed by atoms with E-state index in [0.29, 0.717) is 58.5 Å². The van der Waals surface area contributed by atoms with Crippen LogP contribution in [0.2, 0.25) is 0 Å². The van der Waals surface area contributed by atoms with Crippen molar-refractivity contribution in [3.05, 3.63) is 96.1 Å². The number of rotatable bonds is 19. The number of methoxy groups -OCH3 is 2. The topological polar surface area (TPSA) is 89.5 Å². The molecule has 0 radical (unpaired) electrons. The van der Waals surface area contributed by atoms with Crippen molar-refractivity contribution < 1.29 is 38.0 Å². The van der Waals surface area contributed by atoms with Crippen LogP contribution in [0.5, 0.6) is 34.5 Å². The lowest BCUT2D eigenvalue weighted by Crippen LogP contribution is -2.11. The van der Waals surface area contributed by atoms with Crippen LogP contribution in [-0.2, 0) is 0 Å². The molecular formula is C40H46O8. The number of benzene rings is 4. The molecule has 48 heavy (non-hydrogen) atoms. The van der Waals surface area contributed by atoms with Crippen LogP contribution < -0.4 is 28.4 Å². The number of ether oxygens (including phenoxy) is 6. The van der Waals surface area contributed by atoms with Gasteiger partial charge in [0.05, 0.1) is 49.7 Å². The molecule has 8 nitrogen and oxygen atoms in total. The van der Waals surface area contributed by atoms with E-state index in [0.717, 1.165) is 25.7 Å². The van der Waals surface area contributed by atoms with E-state index >= 15 is 0 Å². The van der Waals surface area contributed by atoms with Crippen molar-refractivity contribution in [2.24, 2.45) is 0 Å². The van der Waals surface area contributed by atoms with Crippen LogP contribution in [0, 0.1) is 0 Å². The molecule has 0 amide bonds. The maximum Gasteiger partial charge on any atom is 0.343 e. The highest BCUT2D eigenvalue weighted by Crippen LogP contribution is 2.48. The molecule has 0 bridgehead atoms. The summed E-state index contributed by atoms with van der Waals surface area (Å²) >= 11 is 0. The van der Waals surface area contributed by atoms with Crippen LogP contribution in [0.15, 0.2) is 84.9 Å². The first-order valence-corrected chi connectivity index (χ1v) is 16.7. The van der Waals surface area contributed by atoms with E-state index in [-0.39, 0.29) is 11.5 Å². The lowest BCUT2D eigenvalue weighted by atomic mass is 10.0. The lowest BCUT2D eigenvalue weighted by Gasteiger charge is -2.19. The maximum atomic E-state index is 13.4. The van der Waals surface area contributed by atoms with E-state index in [1.54, 1.807) is 84.9 Å². The molecule has 4 rings (SSSR count). The fourth-order valence-electron chi connectivity index (χ4n) is 5.15. The first kappa shape index (κ1) is 35.9. The smallest absolute Gasteiger partial charge is 0.343 e. The molecule has 0 aromatic heterocycles. The molecule has 0 atom stereocenters. The predicted octanol–water partition coefficient (Wildman–Crippen LogP) is 9.73. The molecule has 0 aliphatic heterocycles. The van der Waals surface area contributed by atoms with Crippen LogP contribution in [0.25, 0.3) is 11.1 Å². The molecule has 0 aliphatic rings. The van der Waals surface area contributed by atoms with E-state index in [9.17, 15) is 9.59 Å². The molecule has 4 aromatic rings. The second kappa shape index (κ2) is 19.0. The van der Waals surface area contributed by atoms with E-state index in [4.69, 9.17) is 28.4 Å². The van der Waals surface area contributed by atoms with Gasteiger partial charge < -0.3 is 28.4 Å². The first-order valence-electron chi connectivity index (χ1n) is 16.7. The molecule has 0 N–H and O–H groups in total. The molecule has 8 heteroatoms. The Morgan fingerprint density at radius 2 is 0.854 bits per heavy atom. The van der Waals surface area contributed by atoms with Crippen LogP contribution in [0.1, 0.15) is 85.9 Å². The Bertz CT molecular complexity index is 1470. The minimum Gasteiger partial charge on any atom is -0.496 e. The number of carbonyl (C=O) groups is 2. The third-order valence-electron chi connectivity index (χ3n) is 7.78. The number of carbonyl (C=O) groups excluding carboxylic acids is 2. The summed E-state index contributed by atoms with van der Waals surface area (Å²) in [6.07, 6.45) is 8.91. The zero-order valence-electron chi connectivity index (χ0n) is 28.4. The molecule has 0 aliphatic carbocycles. The SMILES string of the molecule is CCCCCCOc1ccc(C(=O)Oc2cccc(OC)c2-c2c(OC)cccc2OC(=O)c2ccc(OCCCCCC)cc2)cc1. The number of esters is 2. The van der Waals surface area contributed by atoms with Crippen LogP contribution >= 0.6 is 0 Å². The summed E-state index contributed by atoms with van der Waals surface area (Å²) in [5.41, 5.74) is 1.49. The standard InChI is InChI=1S/C40H46O8/c1-5-7-9-11-27-45-31-23-19-29(20-24-31)39(41)47-35-17-13-15-33(43-3)37(35)38-34(44-4)16-14-18-36(38)48-40(42)30-21-25-32(26-22-30)46-28-12-10-8-6-2/h13-26H,5-12,27-28H2,1-4H3. The Labute approximate surface area is 283 Å². The van der Waals surface area contributed by atoms with Gasteiger partial charge in [0.1, 0.15) is 34.5 Å². The highest BCUT2D eigenvalue weighted by Gasteiger charge is 2.25. The minimum absolute atomic E-state index is 0.206. The molecule has 0 unspecified atom stereocenters. The average Bonchev–Trinajstić information content (AvgIpc) is 3.11. The Hall–Kier alpha value is -4.98. The highest BCUT2D eigenvalue weighted by atomic mass is 16.5. The summed E-state index contributed by atoms with van der Waals surface area (Å²) in [6, 6.07) is 23.9. The van der Waals surface area contributed by atoms with Crippen LogP contribution in [-0.4, -0.2) is 39.4 Å². The van der Waals surface area contributed by atoms with Gasteiger partial charge in [-0.25, -0.2) is 9.59 Å². The van der Waals surface area contributed by atoms with Crippen molar-refractivity contribution >= 4 is 11.9 Å². The molecule has 4 aromatic carbocycles. The molecule has 0 saturated heterocycles. The van der Waals surface area contributed by atoms with Gasteiger partial charge in [0.25, 0.3) is 0 Å². The van der Waals surface area contributed by atoms with Crippen molar-refractivity contribution in [2.75, 3.05) is 27.4 Å². The van der Waals surface area contributed by atoms with Crippen molar-refractivity contribution in [3.8, 4) is 45.6 Å². The maximum absolute atomic E-state index is 13.4. The summed E-state index contributed by atoms with van der Waals surface area (Å²) in [7, 11) is 3.03. The summed E-state index contributed by atoms with van der Waals surface area (Å²) in [4.78, 5) is 26.7. The second-order valence-electron chi connectivity index (χ2n) is 11.3. The van der Waals surface area contributed by atoms with E-state index in [1.165, 1.54) is 39.9 Å². The molecule has 0 saturated carbocycles. The van der Waals surface area contributed by atoms with Gasteiger partial charge in [-0.3, -0.25) is 0 Å². The van der Waals surface area contributed by atoms with Gasteiger partial charge in [-0.15, -0.1) is 0 Å². The number of hydrogen-bond donors (Lipinski definition) is 0. The number of hydrogen-bond acceptors (Lipinski definition) is 8. The third kappa shape index (κ3) is 10.0. The van der Waals surface area contributed by atoms with Crippen molar-refractivity contribution in [2.45, 2.75) is 65.2 Å². The summed E-state index contributed by atoms with van der Waals surface area (Å²) in [5.74, 6) is 1.45. The molecule has 0 fully saturated rings. The Balaban J connectivity index is 1.54. The highest BCUT2D eigenvalue weighted by molar-refractivity contribution is 5.96. The Kier molecular flexibility index (Phi) is 14.2. The monoisotopic (exact) mass is 654 g/mol. The van der Waals surface area contributed by atoms with Gasteiger partial charge >= 0.3 is 11.9 Å². The van der Waals surface area contributed by atoms with Gasteiger partial charge in [-0.05, 0) is 85.6 Å². The van der Waals surface area contributed by atoms with Gasteiger partial charge in [0.15, 0.2) is 0 Å². The van der Waals surface area contributed by atoms with E-state index in [2.05, 4.69) is 13.8 Å². The summed E-state index contributed by atoms with van der Waals surface area (Å²) in [6.45, 7) is 5.60. The quantitative estimate of drug-likeness (QED) is 0.0561. The van der Waals surface area contributed by atoms with Gasteiger partial charge in [-0.2, -0.15) is 0 Å². The third-order valence-corrected chi connectivity index (χ3v) is 7.78. The van der Waals surface area contributed by atoms with Crippen LogP contribution in [0.3, 0.4) is 0 Å². The fraction of sp³-hybridized carbons (Fsp3) is 0.350. The normalized spacial score (nSPS) is 10.7. The van der Waals surface area contributed by atoms with E-state index in [1.807, 2.05) is 0 Å². The van der Waals surface area contributed by atoms with Crippen molar-refractivity contribution in [3.63, 3.8) is 0 Å². The number of unbranched alkanes of at least 4 members (excludes halogenated alkanes) is 6.